The van der Waals surface area contributed by atoms with Gasteiger partial charge in [-0.2, -0.15) is 16.9 Å². The van der Waals surface area contributed by atoms with Gasteiger partial charge < -0.3 is 14.4 Å². The van der Waals surface area contributed by atoms with Gasteiger partial charge in [0.1, 0.15) is 18.2 Å². The highest BCUT2D eigenvalue weighted by Gasteiger charge is 2.44. The summed E-state index contributed by atoms with van der Waals surface area (Å²) in [6.07, 6.45) is 1.36. The number of thiol groups is 1. The van der Waals surface area contributed by atoms with Gasteiger partial charge in [-0.1, -0.05) is 30.3 Å². The van der Waals surface area contributed by atoms with Gasteiger partial charge in [-0.05, 0) is 62.9 Å². The summed E-state index contributed by atoms with van der Waals surface area (Å²) in [5, 5.41) is 1.56. The van der Waals surface area contributed by atoms with E-state index in [1.807, 2.05) is 24.3 Å². The van der Waals surface area contributed by atoms with Gasteiger partial charge in [-0.25, -0.2) is 13.2 Å². The zero-order valence-electron chi connectivity index (χ0n) is 20.9. The predicted octanol–water partition coefficient (Wildman–Crippen LogP) is 3.25. The highest BCUT2D eigenvalue weighted by molar-refractivity contribution is 7.89. The molecular weight excluding hydrogens is 500 g/mol. The van der Waals surface area contributed by atoms with E-state index in [1.165, 1.54) is 4.31 Å². The van der Waals surface area contributed by atoms with Gasteiger partial charge in [0.05, 0.1) is 11.0 Å². The summed E-state index contributed by atoms with van der Waals surface area (Å²) < 4.78 is 39.4. The number of hydrogen-bond acceptors (Lipinski definition) is 7. The van der Waals surface area contributed by atoms with Crippen LogP contribution in [0, 0.1) is 0 Å². The first-order valence-electron chi connectivity index (χ1n) is 12.2. The monoisotopic (exact) mass is 534 g/mol. The lowest BCUT2D eigenvalue weighted by atomic mass is 10.1. The van der Waals surface area contributed by atoms with E-state index in [9.17, 15) is 18.0 Å². The van der Waals surface area contributed by atoms with E-state index in [1.54, 1.807) is 43.9 Å². The molecule has 2 aliphatic heterocycles. The second-order valence-corrected chi connectivity index (χ2v) is 13.0. The van der Waals surface area contributed by atoms with Crippen LogP contribution < -0.4 is 0 Å². The lowest BCUT2D eigenvalue weighted by molar-refractivity contribution is -0.163. The summed E-state index contributed by atoms with van der Waals surface area (Å²) in [5.41, 5.74) is -0.568. The number of nitrogens with zero attached hydrogens (tertiary/aromatic N) is 2. The van der Waals surface area contributed by atoms with Gasteiger partial charge in [-0.15, -0.1) is 0 Å². The fraction of sp³-hybridized carbons (Fsp3) is 0.538. The number of likely N-dealkylation sites (tertiary alicyclic amines) is 1. The smallest absolute Gasteiger partial charge is 0.332 e. The molecule has 2 aromatic carbocycles. The van der Waals surface area contributed by atoms with Gasteiger partial charge >= 0.3 is 5.97 Å². The Morgan fingerprint density at radius 1 is 1.06 bits per heavy atom. The molecule has 0 saturated carbocycles. The number of esters is 1. The standard InChI is InChI=1S/C26H34N2O6S2/c1-26(2,3)34-24(29)17-33-20-10-12-27(13-11-20)25(30)23-15-21(35)16-28(23)36(31,32)22-9-8-18-6-4-5-7-19(18)14-22/h4-9,14,20-21,23,35H,10-13,15-17H2,1-3H3/t21?,23-/m0/s1. The summed E-state index contributed by atoms with van der Waals surface area (Å²) in [4.78, 5) is 27.2. The highest BCUT2D eigenvalue weighted by atomic mass is 32.2. The van der Waals surface area contributed by atoms with E-state index in [2.05, 4.69) is 12.6 Å². The van der Waals surface area contributed by atoms with E-state index in [-0.39, 0.29) is 35.3 Å². The molecule has 2 saturated heterocycles. The highest BCUT2D eigenvalue weighted by Crippen LogP contribution is 2.32. The molecule has 2 heterocycles. The third-order valence-electron chi connectivity index (χ3n) is 6.46. The first kappa shape index (κ1) is 26.9. The van der Waals surface area contributed by atoms with Crippen LogP contribution in [-0.2, 0) is 29.1 Å². The van der Waals surface area contributed by atoms with Crippen LogP contribution in [0.1, 0.15) is 40.0 Å². The molecule has 2 aliphatic rings. The van der Waals surface area contributed by atoms with E-state index in [4.69, 9.17) is 9.47 Å². The summed E-state index contributed by atoms with van der Waals surface area (Å²) >= 11 is 4.52. The first-order chi connectivity index (χ1) is 16.9. The van der Waals surface area contributed by atoms with E-state index < -0.39 is 27.6 Å². The minimum Gasteiger partial charge on any atom is -0.458 e. The van der Waals surface area contributed by atoms with Gasteiger partial charge in [0.25, 0.3) is 0 Å². The minimum absolute atomic E-state index is 0.127. The third kappa shape index (κ3) is 6.22. The number of rotatable bonds is 6. The molecule has 2 aromatic rings. The molecule has 0 N–H and O–H groups in total. The molecule has 10 heteroatoms. The van der Waals surface area contributed by atoms with Crippen LogP contribution >= 0.6 is 12.6 Å². The normalized spacial score (nSPS) is 22.2. The number of amides is 1. The van der Waals surface area contributed by atoms with Gasteiger partial charge in [-0.3, -0.25) is 4.79 Å². The second-order valence-electron chi connectivity index (χ2n) is 10.4. The average molecular weight is 535 g/mol. The van der Waals surface area contributed by atoms with Crippen molar-refractivity contribution in [3.63, 3.8) is 0 Å². The Balaban J connectivity index is 1.40. The molecule has 1 unspecified atom stereocenters. The topological polar surface area (TPSA) is 93.2 Å². The quantitative estimate of drug-likeness (QED) is 0.452. The van der Waals surface area contributed by atoms with E-state index >= 15 is 0 Å². The predicted molar refractivity (Wildman–Crippen MR) is 140 cm³/mol. The molecule has 8 nitrogen and oxygen atoms in total. The number of sulfonamides is 1. The fourth-order valence-corrected chi connectivity index (χ4v) is 6.91. The summed E-state index contributed by atoms with van der Waals surface area (Å²) in [5.74, 6) is -0.622. The molecule has 2 fully saturated rings. The molecule has 2 atom stereocenters. The summed E-state index contributed by atoms with van der Waals surface area (Å²) in [6, 6.07) is 11.8. The Bertz CT molecular complexity index is 1220. The first-order valence-corrected chi connectivity index (χ1v) is 14.2. The zero-order valence-corrected chi connectivity index (χ0v) is 22.6. The number of piperidine rings is 1. The minimum atomic E-state index is -3.88. The lowest BCUT2D eigenvalue weighted by Crippen LogP contribution is -2.50. The number of ether oxygens (including phenoxy) is 2. The van der Waals surface area contributed by atoms with Crippen molar-refractivity contribution < 1.29 is 27.5 Å². The van der Waals surface area contributed by atoms with Crippen molar-refractivity contribution in [1.82, 2.24) is 9.21 Å². The Morgan fingerprint density at radius 3 is 2.39 bits per heavy atom. The van der Waals surface area contributed by atoms with Crippen LogP contribution in [-0.4, -0.2) is 78.7 Å². The number of fused-ring (bicyclic) bond motifs is 1. The van der Waals surface area contributed by atoms with Crippen molar-refractivity contribution in [3.05, 3.63) is 42.5 Å². The Hall–Kier alpha value is -2.14. The van der Waals surface area contributed by atoms with Crippen molar-refractivity contribution in [1.29, 1.82) is 0 Å². The molecule has 0 spiro atoms. The molecular formula is C26H34N2O6S2. The van der Waals surface area contributed by atoms with Gasteiger partial charge in [0.15, 0.2) is 0 Å². The van der Waals surface area contributed by atoms with Crippen LogP contribution in [0.2, 0.25) is 0 Å². The van der Waals surface area contributed by atoms with Crippen molar-refractivity contribution >= 4 is 45.3 Å². The fourth-order valence-electron chi connectivity index (χ4n) is 4.75. The van der Waals surface area contributed by atoms with Crippen molar-refractivity contribution in [2.24, 2.45) is 0 Å². The Morgan fingerprint density at radius 2 is 1.72 bits per heavy atom. The molecule has 196 valence electrons. The molecule has 0 bridgehead atoms. The Labute approximate surface area is 218 Å². The SMILES string of the molecule is CC(C)(C)OC(=O)COC1CCN(C(=O)[C@@H]2CC(S)CN2S(=O)(=O)c2ccc3ccccc3c2)CC1. The molecule has 36 heavy (non-hydrogen) atoms. The van der Waals surface area contributed by atoms with Crippen LogP contribution in [0.5, 0.6) is 0 Å². The zero-order chi connectivity index (χ0) is 26.1. The number of carbonyl (C=O) groups is 2. The molecule has 1 amide bonds. The maximum atomic E-state index is 13.6. The number of hydrogen-bond donors (Lipinski definition) is 1. The molecule has 4 rings (SSSR count). The van der Waals surface area contributed by atoms with Gasteiger partial charge in [0, 0.05) is 24.9 Å². The van der Waals surface area contributed by atoms with Crippen LogP contribution in [0.15, 0.2) is 47.4 Å². The number of benzene rings is 2. The average Bonchev–Trinajstić information content (AvgIpc) is 3.24. The summed E-state index contributed by atoms with van der Waals surface area (Å²) in [6.45, 7) is 6.34. The molecule has 0 radical (unpaired) electrons. The van der Waals surface area contributed by atoms with E-state index in [0.717, 1.165) is 10.8 Å². The van der Waals surface area contributed by atoms with Crippen LogP contribution in [0.3, 0.4) is 0 Å². The van der Waals surface area contributed by atoms with Gasteiger partial charge in [0.2, 0.25) is 15.9 Å². The third-order valence-corrected chi connectivity index (χ3v) is 8.70. The van der Waals surface area contributed by atoms with E-state index in [0.29, 0.717) is 32.4 Å². The summed E-state index contributed by atoms with van der Waals surface area (Å²) in [7, 11) is -3.88. The maximum Gasteiger partial charge on any atom is 0.332 e. The molecule has 0 aromatic heterocycles. The van der Waals surface area contributed by atoms with Crippen LogP contribution in [0.25, 0.3) is 10.8 Å². The molecule has 0 aliphatic carbocycles. The largest absolute Gasteiger partial charge is 0.458 e. The second kappa shape index (κ2) is 10.7. The van der Waals surface area contributed by atoms with Crippen molar-refractivity contribution in [2.75, 3.05) is 26.2 Å². The van der Waals surface area contributed by atoms with Crippen molar-refractivity contribution in [3.8, 4) is 0 Å². The van der Waals surface area contributed by atoms with Crippen LogP contribution in [0.4, 0.5) is 0 Å². The number of carbonyl (C=O) groups excluding carboxylic acids is 2. The lowest BCUT2D eigenvalue weighted by Gasteiger charge is -2.35. The van der Waals surface area contributed by atoms with Crippen molar-refractivity contribution in [2.45, 2.75) is 67.9 Å². The maximum absolute atomic E-state index is 13.6. The Kier molecular flexibility index (Phi) is 7.99.